The van der Waals surface area contributed by atoms with Crippen molar-refractivity contribution >= 4 is 17.7 Å². The maximum absolute atomic E-state index is 12.0. The van der Waals surface area contributed by atoms with Crippen molar-refractivity contribution in [2.75, 3.05) is 5.32 Å². The molecule has 5 nitrogen and oxygen atoms in total. The lowest BCUT2D eigenvalue weighted by molar-refractivity contribution is -0.142. The maximum Gasteiger partial charge on any atom is 0.319 e. The summed E-state index contributed by atoms with van der Waals surface area (Å²) in [5.74, 6) is -0.986. The summed E-state index contributed by atoms with van der Waals surface area (Å²) >= 11 is 0. The number of nitrogens with one attached hydrogen (secondary N) is 2. The van der Waals surface area contributed by atoms with Crippen LogP contribution in [0.2, 0.25) is 0 Å². The minimum Gasteiger partial charge on any atom is -0.481 e. The number of anilines is 1. The number of benzene rings is 1. The van der Waals surface area contributed by atoms with Crippen LogP contribution >= 0.6 is 0 Å². The number of carbonyl (C=O) groups excluding carboxylic acids is 1. The zero-order valence-corrected chi connectivity index (χ0v) is 13.2. The number of urea groups is 1. The van der Waals surface area contributed by atoms with Crippen LogP contribution < -0.4 is 10.6 Å². The Morgan fingerprint density at radius 2 is 1.91 bits per heavy atom. The molecule has 2 amide bonds. The van der Waals surface area contributed by atoms with E-state index in [9.17, 15) is 9.59 Å². The van der Waals surface area contributed by atoms with Crippen molar-refractivity contribution in [3.05, 3.63) is 29.3 Å². The molecule has 1 aliphatic rings. The molecule has 3 N–H and O–H groups in total. The largest absolute Gasteiger partial charge is 0.481 e. The summed E-state index contributed by atoms with van der Waals surface area (Å²) in [7, 11) is 0. The molecule has 0 heterocycles. The second-order valence-corrected chi connectivity index (χ2v) is 5.98. The zero-order chi connectivity index (χ0) is 16.1. The van der Waals surface area contributed by atoms with E-state index in [0.717, 1.165) is 24.9 Å². The lowest BCUT2D eigenvalue weighted by Crippen LogP contribution is -2.41. The highest BCUT2D eigenvalue weighted by Gasteiger charge is 2.26. The average molecular weight is 304 g/mol. The molecular weight excluding hydrogens is 280 g/mol. The second kappa shape index (κ2) is 7.29. The van der Waals surface area contributed by atoms with E-state index in [1.807, 2.05) is 25.1 Å². The predicted molar refractivity (Wildman–Crippen MR) is 86.1 cm³/mol. The molecule has 22 heavy (non-hydrogen) atoms. The van der Waals surface area contributed by atoms with Gasteiger partial charge in [0.05, 0.1) is 5.92 Å². The van der Waals surface area contributed by atoms with Crippen LogP contribution in [0.15, 0.2) is 18.2 Å². The number of aryl methyl sites for hydroxylation is 2. The lowest BCUT2D eigenvalue weighted by atomic mass is 9.86. The van der Waals surface area contributed by atoms with Crippen molar-refractivity contribution in [3.63, 3.8) is 0 Å². The quantitative estimate of drug-likeness (QED) is 0.798. The van der Waals surface area contributed by atoms with Crippen molar-refractivity contribution in [1.29, 1.82) is 0 Å². The molecule has 1 aliphatic carbocycles. The van der Waals surface area contributed by atoms with E-state index in [-0.39, 0.29) is 18.0 Å². The van der Waals surface area contributed by atoms with Gasteiger partial charge in [0, 0.05) is 11.7 Å². The van der Waals surface area contributed by atoms with Gasteiger partial charge in [0.15, 0.2) is 0 Å². The molecule has 1 aromatic carbocycles. The number of amides is 2. The molecule has 1 aromatic rings. The van der Waals surface area contributed by atoms with E-state index in [1.54, 1.807) is 0 Å². The highest BCUT2D eigenvalue weighted by molar-refractivity contribution is 5.89. The first kappa shape index (κ1) is 16.3. The lowest BCUT2D eigenvalue weighted by Gasteiger charge is -2.26. The third-order valence-corrected chi connectivity index (χ3v) is 4.39. The van der Waals surface area contributed by atoms with Crippen LogP contribution in [0.3, 0.4) is 0 Å². The Hall–Kier alpha value is -2.04. The normalized spacial score (nSPS) is 21.2. The summed E-state index contributed by atoms with van der Waals surface area (Å²) in [6.07, 6.45) is 3.68. The van der Waals surface area contributed by atoms with Gasteiger partial charge in [0.2, 0.25) is 0 Å². The molecule has 120 valence electrons. The van der Waals surface area contributed by atoms with Gasteiger partial charge in [-0.1, -0.05) is 13.0 Å². The van der Waals surface area contributed by atoms with Gasteiger partial charge >= 0.3 is 12.0 Å². The third kappa shape index (κ3) is 4.23. The van der Waals surface area contributed by atoms with E-state index in [1.165, 1.54) is 11.1 Å². The zero-order valence-electron chi connectivity index (χ0n) is 13.2. The van der Waals surface area contributed by atoms with Gasteiger partial charge in [-0.2, -0.15) is 0 Å². The highest BCUT2D eigenvalue weighted by atomic mass is 16.4. The maximum atomic E-state index is 12.0. The van der Waals surface area contributed by atoms with Crippen molar-refractivity contribution < 1.29 is 14.7 Å². The van der Waals surface area contributed by atoms with Crippen LogP contribution in [-0.4, -0.2) is 23.1 Å². The SMILES string of the molecule is CCc1ccc(NC(=O)NC2CCC(C(=O)O)CC2)cc1C. The molecular formula is C17H24N2O3. The van der Waals surface area contributed by atoms with E-state index in [0.29, 0.717) is 12.8 Å². The molecule has 1 saturated carbocycles. The number of hydrogen-bond acceptors (Lipinski definition) is 2. The Balaban J connectivity index is 1.83. The summed E-state index contributed by atoms with van der Waals surface area (Å²) < 4.78 is 0. The van der Waals surface area contributed by atoms with Crippen molar-refractivity contribution in [1.82, 2.24) is 5.32 Å². The number of hydrogen-bond donors (Lipinski definition) is 3. The number of carboxylic acid groups (broad SMARTS) is 1. The summed E-state index contributed by atoms with van der Waals surface area (Å²) in [4.78, 5) is 22.9. The molecule has 0 bridgehead atoms. The summed E-state index contributed by atoms with van der Waals surface area (Å²) in [6.45, 7) is 4.14. The van der Waals surface area contributed by atoms with Crippen LogP contribution in [0.5, 0.6) is 0 Å². The summed E-state index contributed by atoms with van der Waals surface area (Å²) in [5, 5.41) is 14.8. The van der Waals surface area contributed by atoms with Crippen LogP contribution in [0.4, 0.5) is 10.5 Å². The Kier molecular flexibility index (Phi) is 5.41. The molecule has 0 radical (unpaired) electrons. The number of carbonyl (C=O) groups is 2. The van der Waals surface area contributed by atoms with Crippen molar-refractivity contribution in [3.8, 4) is 0 Å². The molecule has 0 aliphatic heterocycles. The Bertz CT molecular complexity index is 549. The van der Waals surface area contributed by atoms with Gasteiger partial charge in [0.25, 0.3) is 0 Å². The third-order valence-electron chi connectivity index (χ3n) is 4.39. The van der Waals surface area contributed by atoms with Crippen molar-refractivity contribution in [2.45, 2.75) is 52.0 Å². The van der Waals surface area contributed by atoms with Gasteiger partial charge in [-0.3, -0.25) is 4.79 Å². The van der Waals surface area contributed by atoms with Crippen LogP contribution in [0.25, 0.3) is 0 Å². The fourth-order valence-electron chi connectivity index (χ4n) is 3.01. The van der Waals surface area contributed by atoms with Gasteiger partial charge in [-0.15, -0.1) is 0 Å². The van der Waals surface area contributed by atoms with E-state index >= 15 is 0 Å². The van der Waals surface area contributed by atoms with Gasteiger partial charge in [0.1, 0.15) is 0 Å². The smallest absolute Gasteiger partial charge is 0.319 e. The Morgan fingerprint density at radius 3 is 2.45 bits per heavy atom. The molecule has 5 heteroatoms. The highest BCUT2D eigenvalue weighted by Crippen LogP contribution is 2.24. The molecule has 0 atom stereocenters. The Labute approximate surface area is 131 Å². The van der Waals surface area contributed by atoms with Gasteiger partial charge < -0.3 is 15.7 Å². The van der Waals surface area contributed by atoms with Gasteiger partial charge in [-0.05, 0) is 62.3 Å². The molecule has 2 rings (SSSR count). The Morgan fingerprint density at radius 1 is 1.23 bits per heavy atom. The molecule has 0 aromatic heterocycles. The fraction of sp³-hybridized carbons (Fsp3) is 0.529. The standard InChI is InChI=1S/C17H24N2O3/c1-3-12-4-9-15(10-11(12)2)19-17(22)18-14-7-5-13(6-8-14)16(20)21/h4,9-10,13-14H,3,5-8H2,1-2H3,(H,20,21)(H2,18,19,22). The first-order valence-corrected chi connectivity index (χ1v) is 7.89. The molecule has 0 unspecified atom stereocenters. The molecule has 0 spiro atoms. The summed E-state index contributed by atoms with van der Waals surface area (Å²) in [6, 6.07) is 5.75. The minimum absolute atomic E-state index is 0.0617. The molecule has 0 saturated heterocycles. The number of aliphatic carboxylic acids is 1. The van der Waals surface area contributed by atoms with E-state index in [4.69, 9.17) is 5.11 Å². The molecule has 1 fully saturated rings. The van der Waals surface area contributed by atoms with E-state index in [2.05, 4.69) is 17.6 Å². The number of carboxylic acids is 1. The monoisotopic (exact) mass is 304 g/mol. The fourth-order valence-corrected chi connectivity index (χ4v) is 3.01. The second-order valence-electron chi connectivity index (χ2n) is 5.98. The van der Waals surface area contributed by atoms with Crippen LogP contribution in [0, 0.1) is 12.8 Å². The minimum atomic E-state index is -0.727. The topological polar surface area (TPSA) is 78.4 Å². The predicted octanol–water partition coefficient (Wildman–Crippen LogP) is 3.32. The van der Waals surface area contributed by atoms with Gasteiger partial charge in [-0.25, -0.2) is 4.79 Å². The van der Waals surface area contributed by atoms with Crippen LogP contribution in [-0.2, 0) is 11.2 Å². The van der Waals surface area contributed by atoms with Crippen molar-refractivity contribution in [2.24, 2.45) is 5.92 Å². The number of rotatable bonds is 4. The average Bonchev–Trinajstić information content (AvgIpc) is 2.48. The summed E-state index contributed by atoms with van der Waals surface area (Å²) in [5.41, 5.74) is 3.23. The van der Waals surface area contributed by atoms with Crippen LogP contribution in [0.1, 0.15) is 43.7 Å². The van der Waals surface area contributed by atoms with E-state index < -0.39 is 5.97 Å². The first-order chi connectivity index (χ1) is 10.5. The first-order valence-electron chi connectivity index (χ1n) is 7.89.